The van der Waals surface area contributed by atoms with E-state index >= 15 is 0 Å². The summed E-state index contributed by atoms with van der Waals surface area (Å²) < 4.78 is 0. The summed E-state index contributed by atoms with van der Waals surface area (Å²) >= 11 is 0. The van der Waals surface area contributed by atoms with Gasteiger partial charge in [-0.15, -0.1) is 0 Å². The average Bonchev–Trinajstić information content (AvgIpc) is 2.39. The van der Waals surface area contributed by atoms with Gasteiger partial charge < -0.3 is 0 Å². The van der Waals surface area contributed by atoms with Gasteiger partial charge in [0.25, 0.3) is 0 Å². The molecule has 1 heteroatoms. The molecule has 0 aliphatic rings. The predicted molar refractivity (Wildman–Crippen MR) is 84.5 cm³/mol. The number of Topliss-reactive ketones (excluding diaryl/α,β-unsaturated/α-hetero) is 1. The van der Waals surface area contributed by atoms with E-state index in [1.807, 2.05) is 19.1 Å². The van der Waals surface area contributed by atoms with Crippen LogP contribution in [0.25, 0.3) is 0 Å². The summed E-state index contributed by atoms with van der Waals surface area (Å²) in [6.45, 7) is 8.26. The fourth-order valence-electron chi connectivity index (χ4n) is 2.58. The van der Waals surface area contributed by atoms with E-state index in [2.05, 4.69) is 45.0 Å². The number of rotatable bonds is 4. The summed E-state index contributed by atoms with van der Waals surface area (Å²) in [7, 11) is 0. The van der Waals surface area contributed by atoms with Crippen LogP contribution in [0.3, 0.4) is 0 Å². The zero-order valence-corrected chi connectivity index (χ0v) is 12.8. The average molecular weight is 266 g/mol. The highest BCUT2D eigenvalue weighted by Gasteiger charge is 2.10. The Kier molecular flexibility index (Phi) is 4.39. The lowest BCUT2D eigenvalue weighted by atomic mass is 9.96. The normalized spacial score (nSPS) is 10.6. The molecule has 20 heavy (non-hydrogen) atoms. The molecule has 0 fully saturated rings. The number of aryl methyl sites for hydroxylation is 5. The van der Waals surface area contributed by atoms with Crippen molar-refractivity contribution in [2.45, 2.75) is 40.5 Å². The Bertz CT molecular complexity index is 638. The van der Waals surface area contributed by atoms with Gasteiger partial charge in [-0.3, -0.25) is 4.79 Å². The Morgan fingerprint density at radius 3 is 2.20 bits per heavy atom. The van der Waals surface area contributed by atoms with Gasteiger partial charge in [0.2, 0.25) is 0 Å². The number of benzene rings is 2. The third-order valence-corrected chi connectivity index (χ3v) is 3.81. The van der Waals surface area contributed by atoms with Gasteiger partial charge in [0, 0.05) is 12.0 Å². The van der Waals surface area contributed by atoms with Crippen molar-refractivity contribution in [3.63, 3.8) is 0 Å². The van der Waals surface area contributed by atoms with Gasteiger partial charge in [-0.25, -0.2) is 0 Å². The Hall–Kier alpha value is -1.89. The number of carbonyl (C=O) groups is 1. The number of carbonyl (C=O) groups excluding carboxylic acids is 1. The van der Waals surface area contributed by atoms with Crippen LogP contribution in [-0.2, 0) is 6.42 Å². The molecule has 0 N–H and O–H groups in total. The van der Waals surface area contributed by atoms with Gasteiger partial charge in [-0.05, 0) is 50.8 Å². The molecule has 104 valence electrons. The van der Waals surface area contributed by atoms with Gasteiger partial charge in [0.15, 0.2) is 5.78 Å². The second-order valence-corrected chi connectivity index (χ2v) is 5.67. The molecule has 2 aromatic carbocycles. The summed E-state index contributed by atoms with van der Waals surface area (Å²) in [6, 6.07) is 12.5. The van der Waals surface area contributed by atoms with E-state index in [1.165, 1.54) is 22.3 Å². The largest absolute Gasteiger partial charge is 0.294 e. The fraction of sp³-hybridized carbons (Fsp3) is 0.316. The first kappa shape index (κ1) is 14.5. The third kappa shape index (κ3) is 3.36. The van der Waals surface area contributed by atoms with Gasteiger partial charge in [-0.2, -0.15) is 0 Å². The van der Waals surface area contributed by atoms with Crippen LogP contribution in [0.4, 0.5) is 0 Å². The smallest absolute Gasteiger partial charge is 0.163 e. The lowest BCUT2D eigenvalue weighted by Crippen LogP contribution is -2.04. The van der Waals surface area contributed by atoms with Crippen LogP contribution in [0.5, 0.6) is 0 Å². The predicted octanol–water partition coefficient (Wildman–Crippen LogP) is 4.74. The molecule has 0 aliphatic carbocycles. The number of ketones is 1. The van der Waals surface area contributed by atoms with E-state index in [0.29, 0.717) is 6.42 Å². The molecule has 2 aromatic rings. The van der Waals surface area contributed by atoms with E-state index in [0.717, 1.165) is 17.5 Å². The minimum Gasteiger partial charge on any atom is -0.294 e. The number of hydrogen-bond acceptors (Lipinski definition) is 1. The highest BCUT2D eigenvalue weighted by molar-refractivity contribution is 5.97. The van der Waals surface area contributed by atoms with E-state index in [4.69, 9.17) is 0 Å². The molecular weight excluding hydrogens is 244 g/mol. The molecule has 0 bridgehead atoms. The Labute approximate surface area is 121 Å². The van der Waals surface area contributed by atoms with Crippen LogP contribution < -0.4 is 0 Å². The highest BCUT2D eigenvalue weighted by Crippen LogP contribution is 2.17. The van der Waals surface area contributed by atoms with Gasteiger partial charge in [-0.1, -0.05) is 47.5 Å². The molecule has 0 saturated carbocycles. The van der Waals surface area contributed by atoms with Crippen LogP contribution in [0.15, 0.2) is 36.4 Å². The fourth-order valence-corrected chi connectivity index (χ4v) is 2.58. The van der Waals surface area contributed by atoms with Crippen molar-refractivity contribution in [2.75, 3.05) is 0 Å². The maximum atomic E-state index is 12.3. The van der Waals surface area contributed by atoms with E-state index in [-0.39, 0.29) is 5.78 Å². The van der Waals surface area contributed by atoms with Crippen LogP contribution in [0.1, 0.15) is 44.6 Å². The zero-order valence-electron chi connectivity index (χ0n) is 12.8. The lowest BCUT2D eigenvalue weighted by molar-refractivity contribution is 0.0982. The molecule has 0 atom stereocenters. The summed E-state index contributed by atoms with van der Waals surface area (Å²) in [5.74, 6) is 0.239. The van der Waals surface area contributed by atoms with E-state index in [9.17, 15) is 4.79 Å². The molecule has 0 aliphatic heterocycles. The summed E-state index contributed by atoms with van der Waals surface area (Å²) in [5, 5.41) is 0. The van der Waals surface area contributed by atoms with Crippen molar-refractivity contribution in [1.29, 1.82) is 0 Å². The van der Waals surface area contributed by atoms with Gasteiger partial charge in [0.05, 0.1) is 0 Å². The van der Waals surface area contributed by atoms with Crippen molar-refractivity contribution in [3.05, 3.63) is 69.8 Å². The zero-order chi connectivity index (χ0) is 14.7. The van der Waals surface area contributed by atoms with Crippen molar-refractivity contribution in [3.8, 4) is 0 Å². The molecule has 1 nitrogen and oxygen atoms in total. The minimum atomic E-state index is 0.239. The minimum absolute atomic E-state index is 0.239. The molecule has 0 aromatic heterocycles. The van der Waals surface area contributed by atoms with Crippen LogP contribution >= 0.6 is 0 Å². The van der Waals surface area contributed by atoms with E-state index < -0.39 is 0 Å². The molecule has 0 unspecified atom stereocenters. The Morgan fingerprint density at radius 2 is 1.50 bits per heavy atom. The third-order valence-electron chi connectivity index (χ3n) is 3.81. The second-order valence-electron chi connectivity index (χ2n) is 5.67. The first-order chi connectivity index (χ1) is 9.47. The molecule has 0 amide bonds. The van der Waals surface area contributed by atoms with Crippen molar-refractivity contribution < 1.29 is 4.79 Å². The van der Waals surface area contributed by atoms with E-state index in [1.54, 1.807) is 0 Å². The van der Waals surface area contributed by atoms with Gasteiger partial charge in [0.1, 0.15) is 0 Å². The molecular formula is C19H22O. The summed E-state index contributed by atoms with van der Waals surface area (Å²) in [6.07, 6.45) is 1.40. The second kappa shape index (κ2) is 6.04. The standard InChI is InChI=1S/C19H22O/c1-13-6-9-18(16(4)11-13)19(20)10-8-17-12-14(2)5-7-15(17)3/h5-7,9,11-12H,8,10H2,1-4H3. The van der Waals surface area contributed by atoms with Crippen molar-refractivity contribution in [1.82, 2.24) is 0 Å². The lowest BCUT2D eigenvalue weighted by Gasteiger charge is -2.08. The first-order valence-corrected chi connectivity index (χ1v) is 7.14. The van der Waals surface area contributed by atoms with Gasteiger partial charge >= 0.3 is 0 Å². The van der Waals surface area contributed by atoms with Crippen LogP contribution in [0, 0.1) is 27.7 Å². The summed E-state index contributed by atoms with van der Waals surface area (Å²) in [4.78, 5) is 12.3. The molecule has 0 spiro atoms. The van der Waals surface area contributed by atoms with Crippen molar-refractivity contribution >= 4 is 5.78 Å². The molecule has 2 rings (SSSR count). The topological polar surface area (TPSA) is 17.1 Å². The first-order valence-electron chi connectivity index (χ1n) is 7.14. The quantitative estimate of drug-likeness (QED) is 0.731. The summed E-state index contributed by atoms with van der Waals surface area (Å²) in [5.41, 5.74) is 6.95. The van der Waals surface area contributed by atoms with Crippen LogP contribution in [0.2, 0.25) is 0 Å². The molecule has 0 heterocycles. The maximum absolute atomic E-state index is 12.3. The maximum Gasteiger partial charge on any atom is 0.163 e. The Morgan fingerprint density at radius 1 is 0.850 bits per heavy atom. The number of hydrogen-bond donors (Lipinski definition) is 0. The monoisotopic (exact) mass is 266 g/mol. The van der Waals surface area contributed by atoms with Crippen molar-refractivity contribution in [2.24, 2.45) is 0 Å². The Balaban J connectivity index is 2.10. The highest BCUT2D eigenvalue weighted by atomic mass is 16.1. The van der Waals surface area contributed by atoms with Crippen LogP contribution in [-0.4, -0.2) is 5.78 Å². The molecule has 0 radical (unpaired) electrons. The SMILES string of the molecule is Cc1ccc(C(=O)CCc2cc(C)ccc2C)c(C)c1. The molecule has 0 saturated heterocycles.